The molecule has 11 heteroatoms. The van der Waals surface area contributed by atoms with E-state index in [1.807, 2.05) is 9.80 Å². The zero-order chi connectivity index (χ0) is 25.6. The van der Waals surface area contributed by atoms with Crippen molar-refractivity contribution in [3.05, 3.63) is 35.5 Å². The van der Waals surface area contributed by atoms with Gasteiger partial charge in [0.05, 0.1) is 30.0 Å². The van der Waals surface area contributed by atoms with Crippen molar-refractivity contribution < 1.29 is 27.8 Å². The number of piperazine rings is 1. The molecule has 6 rings (SSSR count). The number of carbonyl (C=O) groups excluding carboxylic acids is 2. The number of rotatable bonds is 2. The molecule has 0 aliphatic carbocycles. The lowest BCUT2D eigenvalue weighted by Crippen LogP contribution is -2.53. The number of aromatic nitrogens is 1. The summed E-state index contributed by atoms with van der Waals surface area (Å²) in [5.74, 6) is -2.80. The fourth-order valence-electron chi connectivity index (χ4n) is 5.91. The van der Waals surface area contributed by atoms with Crippen LogP contribution in [0.3, 0.4) is 0 Å². The van der Waals surface area contributed by atoms with E-state index in [2.05, 4.69) is 4.98 Å². The Balaban J connectivity index is 1.26. The molecule has 3 amide bonds. The van der Waals surface area contributed by atoms with E-state index >= 15 is 0 Å². The second kappa shape index (κ2) is 9.68. The summed E-state index contributed by atoms with van der Waals surface area (Å²) < 4.78 is 40.1. The number of carbonyl (C=O) groups is 2. The average Bonchev–Trinajstić information content (AvgIpc) is 3.62. The fraction of sp³-hybridized carbons (Fsp3) is 0.577. The van der Waals surface area contributed by atoms with E-state index in [1.165, 1.54) is 6.20 Å². The van der Waals surface area contributed by atoms with Crippen LogP contribution in [-0.4, -0.2) is 103 Å². The summed E-state index contributed by atoms with van der Waals surface area (Å²) in [5.41, 5.74) is 1.19. The number of amides is 3. The number of ether oxygens (including phenoxy) is 2. The Morgan fingerprint density at radius 2 is 1.41 bits per heavy atom. The molecule has 5 heterocycles. The molecule has 4 saturated heterocycles. The van der Waals surface area contributed by atoms with Gasteiger partial charge in [0.1, 0.15) is 0 Å². The third-order valence-corrected chi connectivity index (χ3v) is 7.98. The molecular weight excluding hydrogens is 484 g/mol. The van der Waals surface area contributed by atoms with Crippen LogP contribution in [0.2, 0.25) is 0 Å². The highest BCUT2D eigenvalue weighted by molar-refractivity contribution is 6.07. The van der Waals surface area contributed by atoms with Crippen molar-refractivity contribution in [2.24, 2.45) is 0 Å². The molecule has 4 aliphatic heterocycles. The topological polar surface area (TPSA) is 78.5 Å². The smallest absolute Gasteiger partial charge is 0.320 e. The van der Waals surface area contributed by atoms with Crippen molar-refractivity contribution in [3.63, 3.8) is 0 Å². The van der Waals surface area contributed by atoms with Crippen molar-refractivity contribution in [2.75, 3.05) is 70.5 Å². The van der Waals surface area contributed by atoms with Crippen molar-refractivity contribution >= 4 is 28.5 Å². The van der Waals surface area contributed by atoms with Crippen molar-refractivity contribution in [1.29, 1.82) is 0 Å². The predicted octanol–water partition coefficient (Wildman–Crippen LogP) is 2.83. The first-order valence-corrected chi connectivity index (χ1v) is 13.1. The fourth-order valence-corrected chi connectivity index (χ4v) is 5.91. The van der Waals surface area contributed by atoms with Gasteiger partial charge in [0.2, 0.25) is 0 Å². The van der Waals surface area contributed by atoms with Gasteiger partial charge in [0.15, 0.2) is 17.4 Å². The highest BCUT2D eigenvalue weighted by Gasteiger charge is 2.41. The molecular formula is C26H31F2N5O4. The maximum Gasteiger partial charge on any atom is 0.320 e. The molecule has 198 valence electrons. The van der Waals surface area contributed by atoms with Gasteiger partial charge in [-0.05, 0) is 18.9 Å². The SMILES string of the molecule is O=C(c1cnc2cc(F)c(F)cc2c1N1CCC2(CC1)OCCO2)N1CCN(C(=O)N2CCCC2)CC1. The number of piperidine rings is 1. The Hall–Kier alpha value is -3.05. The molecule has 37 heavy (non-hydrogen) atoms. The standard InChI is InChI=1S/C26H31F2N5O4/c27-20-15-18-22(16-21(20)28)29-17-19(23(18)30-7-3-26(4-8-30)36-13-14-37-26)24(34)31-9-11-33(12-10-31)25(35)32-5-1-2-6-32/h15-17H,1-14H2. The number of likely N-dealkylation sites (tertiary alicyclic amines) is 1. The van der Waals surface area contributed by atoms with Gasteiger partial charge < -0.3 is 29.1 Å². The maximum atomic E-state index is 14.4. The van der Waals surface area contributed by atoms with Crippen LogP contribution in [0, 0.1) is 11.6 Å². The molecule has 1 aromatic carbocycles. The van der Waals surface area contributed by atoms with Gasteiger partial charge in [-0.15, -0.1) is 0 Å². The molecule has 4 fully saturated rings. The summed E-state index contributed by atoms with van der Waals surface area (Å²) in [4.78, 5) is 38.3. The molecule has 2 aromatic rings. The van der Waals surface area contributed by atoms with Crippen molar-refractivity contribution in [2.45, 2.75) is 31.5 Å². The van der Waals surface area contributed by atoms with E-state index in [0.717, 1.165) is 38.1 Å². The van der Waals surface area contributed by atoms with E-state index in [9.17, 15) is 18.4 Å². The molecule has 0 unspecified atom stereocenters. The van der Waals surface area contributed by atoms with E-state index in [4.69, 9.17) is 9.47 Å². The molecule has 0 atom stereocenters. The van der Waals surface area contributed by atoms with Crippen LogP contribution in [0.5, 0.6) is 0 Å². The van der Waals surface area contributed by atoms with Gasteiger partial charge in [0.25, 0.3) is 5.91 Å². The summed E-state index contributed by atoms with van der Waals surface area (Å²) in [6, 6.07) is 2.23. The van der Waals surface area contributed by atoms with Gasteiger partial charge in [-0.25, -0.2) is 13.6 Å². The minimum absolute atomic E-state index is 0.0359. The Kier molecular flexibility index (Phi) is 6.36. The average molecular weight is 516 g/mol. The number of hydrogen-bond donors (Lipinski definition) is 0. The van der Waals surface area contributed by atoms with Gasteiger partial charge in [-0.3, -0.25) is 9.78 Å². The first kappa shape index (κ1) is 24.3. The molecule has 1 spiro atoms. The highest BCUT2D eigenvalue weighted by Crippen LogP contribution is 2.38. The molecule has 1 aromatic heterocycles. The highest BCUT2D eigenvalue weighted by atomic mass is 19.2. The third kappa shape index (κ3) is 4.48. The molecule has 0 radical (unpaired) electrons. The maximum absolute atomic E-state index is 14.4. The summed E-state index contributed by atoms with van der Waals surface area (Å²) >= 11 is 0. The van der Waals surface area contributed by atoms with Gasteiger partial charge in [0, 0.05) is 82.8 Å². The minimum Gasteiger partial charge on any atom is -0.370 e. The van der Waals surface area contributed by atoms with Crippen LogP contribution >= 0.6 is 0 Å². The number of halogens is 2. The first-order valence-electron chi connectivity index (χ1n) is 13.1. The Bertz CT molecular complexity index is 1200. The lowest BCUT2D eigenvalue weighted by atomic mass is 9.99. The third-order valence-electron chi connectivity index (χ3n) is 7.98. The van der Waals surface area contributed by atoms with Crippen LogP contribution in [0.4, 0.5) is 19.3 Å². The number of fused-ring (bicyclic) bond motifs is 1. The molecule has 0 bridgehead atoms. The van der Waals surface area contributed by atoms with Crippen LogP contribution in [0.25, 0.3) is 10.9 Å². The predicted molar refractivity (Wildman–Crippen MR) is 131 cm³/mol. The van der Waals surface area contributed by atoms with Crippen molar-refractivity contribution in [3.8, 4) is 0 Å². The minimum atomic E-state index is -0.981. The van der Waals surface area contributed by atoms with Gasteiger partial charge >= 0.3 is 6.03 Å². The Morgan fingerprint density at radius 3 is 2.08 bits per heavy atom. The van der Waals surface area contributed by atoms with Crippen LogP contribution in [0.1, 0.15) is 36.0 Å². The number of benzene rings is 1. The van der Waals surface area contributed by atoms with E-state index in [0.29, 0.717) is 87.5 Å². The molecule has 0 saturated carbocycles. The zero-order valence-electron chi connectivity index (χ0n) is 20.8. The summed E-state index contributed by atoms with van der Waals surface area (Å²) in [7, 11) is 0. The number of nitrogens with zero attached hydrogens (tertiary/aromatic N) is 5. The lowest BCUT2D eigenvalue weighted by Gasteiger charge is -2.40. The second-order valence-corrected chi connectivity index (χ2v) is 10.2. The van der Waals surface area contributed by atoms with E-state index in [1.54, 1.807) is 9.80 Å². The monoisotopic (exact) mass is 515 g/mol. The van der Waals surface area contributed by atoms with Crippen molar-refractivity contribution in [1.82, 2.24) is 19.7 Å². The number of urea groups is 1. The molecule has 0 N–H and O–H groups in total. The zero-order valence-corrected chi connectivity index (χ0v) is 20.8. The summed E-state index contributed by atoms with van der Waals surface area (Å²) in [6.07, 6.45) is 4.73. The summed E-state index contributed by atoms with van der Waals surface area (Å²) in [6.45, 7) is 5.47. The summed E-state index contributed by atoms with van der Waals surface area (Å²) in [5, 5.41) is 0.400. The largest absolute Gasteiger partial charge is 0.370 e. The Labute approximate surface area is 213 Å². The van der Waals surface area contributed by atoms with Gasteiger partial charge in [-0.2, -0.15) is 0 Å². The quantitative estimate of drug-likeness (QED) is 0.612. The first-order chi connectivity index (χ1) is 17.9. The number of pyridine rings is 1. The number of anilines is 1. The van der Waals surface area contributed by atoms with Crippen LogP contribution in [0.15, 0.2) is 18.3 Å². The molecule has 4 aliphatic rings. The molecule has 9 nitrogen and oxygen atoms in total. The number of hydrogen-bond acceptors (Lipinski definition) is 6. The Morgan fingerprint density at radius 1 is 0.811 bits per heavy atom. The van der Waals surface area contributed by atoms with E-state index < -0.39 is 17.4 Å². The van der Waals surface area contributed by atoms with Gasteiger partial charge in [-0.1, -0.05) is 0 Å². The van der Waals surface area contributed by atoms with Crippen LogP contribution < -0.4 is 4.90 Å². The lowest BCUT2D eigenvalue weighted by molar-refractivity contribution is -0.169. The normalized spacial score (nSPS) is 21.9. The van der Waals surface area contributed by atoms with E-state index in [-0.39, 0.29) is 11.9 Å². The van der Waals surface area contributed by atoms with Crippen LogP contribution in [-0.2, 0) is 9.47 Å². The second-order valence-electron chi connectivity index (χ2n) is 10.2.